The predicted molar refractivity (Wildman–Crippen MR) is 118 cm³/mol. The molecule has 2 amide bonds. The molecule has 1 N–H and O–H groups in total. The Morgan fingerprint density at radius 2 is 1.90 bits per heavy atom. The van der Waals surface area contributed by atoms with E-state index >= 15 is 0 Å². The van der Waals surface area contributed by atoms with Gasteiger partial charge in [-0.1, -0.05) is 31.2 Å². The maximum absolute atomic E-state index is 13.1. The van der Waals surface area contributed by atoms with Crippen LogP contribution in [0.5, 0.6) is 0 Å². The minimum atomic E-state index is -3.33. The molecule has 0 bridgehead atoms. The number of rotatable bonds is 7. The summed E-state index contributed by atoms with van der Waals surface area (Å²) in [4.78, 5) is 27.1. The second kappa shape index (κ2) is 9.30. The minimum Gasteiger partial charge on any atom is -0.329 e. The van der Waals surface area contributed by atoms with Gasteiger partial charge in [-0.15, -0.1) is 0 Å². The van der Waals surface area contributed by atoms with Crippen LogP contribution in [0.3, 0.4) is 0 Å². The van der Waals surface area contributed by atoms with Gasteiger partial charge in [-0.25, -0.2) is 8.42 Å². The Kier molecular flexibility index (Phi) is 6.77. The van der Waals surface area contributed by atoms with Crippen molar-refractivity contribution >= 4 is 33.2 Å². The number of nitrogens with one attached hydrogen (secondary N) is 1. The van der Waals surface area contributed by atoms with Crippen LogP contribution in [0.25, 0.3) is 0 Å². The number of anilines is 2. The van der Waals surface area contributed by atoms with Gasteiger partial charge in [0.15, 0.2) is 0 Å². The van der Waals surface area contributed by atoms with Crippen LogP contribution in [0.1, 0.15) is 35.7 Å². The van der Waals surface area contributed by atoms with E-state index in [0.29, 0.717) is 42.9 Å². The highest BCUT2D eigenvalue weighted by molar-refractivity contribution is 7.93. The second-order valence-corrected chi connectivity index (χ2v) is 9.39. The number of hydrogen-bond donors (Lipinski definition) is 1. The molecule has 1 fully saturated rings. The summed E-state index contributed by atoms with van der Waals surface area (Å²) in [6, 6.07) is 14.1. The maximum atomic E-state index is 13.1. The van der Waals surface area contributed by atoms with Gasteiger partial charge in [-0.05, 0) is 49.6 Å². The molecule has 0 atom stereocenters. The van der Waals surface area contributed by atoms with Gasteiger partial charge in [0.25, 0.3) is 5.91 Å². The normalized spacial score (nSPS) is 15.1. The monoisotopic (exact) mass is 429 g/mol. The number of benzene rings is 2. The molecule has 1 aliphatic heterocycles. The molecule has 0 radical (unpaired) electrons. The molecule has 30 heavy (non-hydrogen) atoms. The quantitative estimate of drug-likeness (QED) is 0.733. The summed E-state index contributed by atoms with van der Waals surface area (Å²) in [7, 11) is -3.33. The predicted octanol–water partition coefficient (Wildman–Crippen LogP) is 3.03. The van der Waals surface area contributed by atoms with Crippen molar-refractivity contribution in [3.8, 4) is 0 Å². The van der Waals surface area contributed by atoms with Crippen molar-refractivity contribution in [1.82, 2.24) is 4.90 Å². The maximum Gasteiger partial charge on any atom is 0.254 e. The van der Waals surface area contributed by atoms with E-state index in [-0.39, 0.29) is 24.1 Å². The summed E-state index contributed by atoms with van der Waals surface area (Å²) in [6.07, 6.45) is 1.27. The number of aryl methyl sites for hydroxylation is 1. The van der Waals surface area contributed by atoms with Crippen LogP contribution in [0, 0.1) is 6.92 Å². The van der Waals surface area contributed by atoms with Crippen molar-refractivity contribution in [1.29, 1.82) is 0 Å². The zero-order chi connectivity index (χ0) is 21.7. The Labute approximate surface area is 177 Å². The number of amides is 2. The van der Waals surface area contributed by atoms with Gasteiger partial charge < -0.3 is 10.2 Å². The molecule has 8 heteroatoms. The molecule has 0 spiro atoms. The first-order chi connectivity index (χ1) is 14.3. The number of sulfonamides is 1. The summed E-state index contributed by atoms with van der Waals surface area (Å²) in [5.41, 5.74) is 2.51. The fourth-order valence-corrected chi connectivity index (χ4v) is 5.06. The average molecular weight is 430 g/mol. The lowest BCUT2D eigenvalue weighted by atomic mass is 10.1. The molecule has 1 saturated heterocycles. The van der Waals surface area contributed by atoms with E-state index in [9.17, 15) is 18.0 Å². The summed E-state index contributed by atoms with van der Waals surface area (Å²) >= 11 is 0. The largest absolute Gasteiger partial charge is 0.329 e. The van der Waals surface area contributed by atoms with E-state index in [1.165, 1.54) is 9.21 Å². The van der Waals surface area contributed by atoms with E-state index in [1.54, 1.807) is 24.3 Å². The average Bonchev–Trinajstić information content (AvgIpc) is 3.08. The molecule has 0 aromatic heterocycles. The Morgan fingerprint density at radius 1 is 1.13 bits per heavy atom. The molecule has 0 unspecified atom stereocenters. The topological polar surface area (TPSA) is 86.8 Å². The molecule has 1 heterocycles. The first kappa shape index (κ1) is 21.8. The van der Waals surface area contributed by atoms with Crippen molar-refractivity contribution < 1.29 is 18.0 Å². The van der Waals surface area contributed by atoms with Gasteiger partial charge >= 0.3 is 0 Å². The van der Waals surface area contributed by atoms with E-state index in [1.807, 2.05) is 38.1 Å². The summed E-state index contributed by atoms with van der Waals surface area (Å²) in [5, 5.41) is 2.85. The first-order valence-electron chi connectivity index (χ1n) is 10.1. The van der Waals surface area contributed by atoms with E-state index in [2.05, 4.69) is 5.32 Å². The number of carbonyl (C=O) groups excluding carboxylic acids is 2. The standard InChI is InChI=1S/C22H27N3O4S/c1-3-12-24(16-21(26)23-20-11-5-4-8-17(20)2)22(27)18-9-6-10-19(15-18)25-13-7-14-30(25,28)29/h4-6,8-11,15H,3,7,12-14,16H2,1-2H3,(H,23,26). The highest BCUT2D eigenvalue weighted by Crippen LogP contribution is 2.25. The van der Waals surface area contributed by atoms with Crippen LogP contribution in [-0.4, -0.2) is 50.5 Å². The Balaban J connectivity index is 1.76. The fraction of sp³-hybridized carbons (Fsp3) is 0.364. The number of nitrogens with zero attached hydrogens (tertiary/aromatic N) is 2. The van der Waals surface area contributed by atoms with E-state index in [4.69, 9.17) is 0 Å². The molecule has 160 valence electrons. The van der Waals surface area contributed by atoms with Crippen LogP contribution in [0.2, 0.25) is 0 Å². The third-order valence-electron chi connectivity index (χ3n) is 5.01. The van der Waals surface area contributed by atoms with E-state index < -0.39 is 10.0 Å². The lowest BCUT2D eigenvalue weighted by Gasteiger charge is -2.23. The van der Waals surface area contributed by atoms with Crippen molar-refractivity contribution in [2.24, 2.45) is 0 Å². The SMILES string of the molecule is CCCN(CC(=O)Nc1ccccc1C)C(=O)c1cccc(N2CCCS2(=O)=O)c1. The molecule has 0 saturated carbocycles. The molecule has 7 nitrogen and oxygen atoms in total. The van der Waals surface area contributed by atoms with Gasteiger partial charge in [-0.3, -0.25) is 13.9 Å². The van der Waals surface area contributed by atoms with Gasteiger partial charge in [0.2, 0.25) is 15.9 Å². The minimum absolute atomic E-state index is 0.0761. The fourth-order valence-electron chi connectivity index (χ4n) is 3.50. The molecular weight excluding hydrogens is 402 g/mol. The Hall–Kier alpha value is -2.87. The van der Waals surface area contributed by atoms with Crippen molar-refractivity contribution in [2.75, 3.05) is 35.0 Å². The zero-order valence-corrected chi connectivity index (χ0v) is 18.1. The van der Waals surface area contributed by atoms with Crippen LogP contribution < -0.4 is 9.62 Å². The van der Waals surface area contributed by atoms with Gasteiger partial charge in [0, 0.05) is 24.3 Å². The summed E-state index contributed by atoms with van der Waals surface area (Å²) in [6.45, 7) is 4.60. The van der Waals surface area contributed by atoms with Crippen LogP contribution >= 0.6 is 0 Å². The molecule has 2 aromatic carbocycles. The van der Waals surface area contributed by atoms with Gasteiger partial charge in [0.05, 0.1) is 11.4 Å². The third-order valence-corrected chi connectivity index (χ3v) is 6.88. The number of para-hydroxylation sites is 1. The van der Waals surface area contributed by atoms with Gasteiger partial charge in [0.1, 0.15) is 6.54 Å². The molecule has 1 aliphatic rings. The summed E-state index contributed by atoms with van der Waals surface area (Å²) in [5.74, 6) is -0.453. The number of hydrogen-bond acceptors (Lipinski definition) is 4. The summed E-state index contributed by atoms with van der Waals surface area (Å²) < 4.78 is 25.8. The zero-order valence-electron chi connectivity index (χ0n) is 17.3. The Bertz CT molecular complexity index is 1040. The van der Waals surface area contributed by atoms with Crippen molar-refractivity contribution in [3.63, 3.8) is 0 Å². The van der Waals surface area contributed by atoms with Crippen LogP contribution in [0.4, 0.5) is 11.4 Å². The molecule has 0 aliphatic carbocycles. The second-order valence-electron chi connectivity index (χ2n) is 7.38. The van der Waals surface area contributed by atoms with E-state index in [0.717, 1.165) is 5.56 Å². The van der Waals surface area contributed by atoms with Crippen LogP contribution in [0.15, 0.2) is 48.5 Å². The highest BCUT2D eigenvalue weighted by atomic mass is 32.2. The highest BCUT2D eigenvalue weighted by Gasteiger charge is 2.29. The van der Waals surface area contributed by atoms with Gasteiger partial charge in [-0.2, -0.15) is 0 Å². The van der Waals surface area contributed by atoms with Crippen molar-refractivity contribution in [2.45, 2.75) is 26.7 Å². The first-order valence-corrected chi connectivity index (χ1v) is 11.7. The molecule has 2 aromatic rings. The Morgan fingerprint density at radius 3 is 2.57 bits per heavy atom. The number of carbonyl (C=O) groups is 2. The lowest BCUT2D eigenvalue weighted by Crippen LogP contribution is -2.38. The van der Waals surface area contributed by atoms with Crippen LogP contribution in [-0.2, 0) is 14.8 Å². The lowest BCUT2D eigenvalue weighted by molar-refractivity contribution is -0.116. The molecular formula is C22H27N3O4S. The van der Waals surface area contributed by atoms with Crippen molar-refractivity contribution in [3.05, 3.63) is 59.7 Å². The molecule has 3 rings (SSSR count). The third kappa shape index (κ3) is 4.99. The smallest absolute Gasteiger partial charge is 0.254 e.